The highest BCUT2D eigenvalue weighted by atomic mass is 127. The summed E-state index contributed by atoms with van der Waals surface area (Å²) < 4.78 is 11.8. The molecule has 0 aliphatic rings. The Bertz CT molecular complexity index is 552. The molecule has 25 heavy (non-hydrogen) atoms. The molecule has 0 saturated carbocycles. The van der Waals surface area contributed by atoms with E-state index in [4.69, 9.17) is 9.47 Å². The average molecular weight is 574 g/mol. The van der Waals surface area contributed by atoms with Crippen molar-refractivity contribution < 1.29 is 19.1 Å². The monoisotopic (exact) mass is 574 g/mol. The van der Waals surface area contributed by atoms with E-state index >= 15 is 0 Å². The van der Waals surface area contributed by atoms with Gasteiger partial charge in [-0.25, -0.2) is 0 Å². The number of alkyl halides is 2. The van der Waals surface area contributed by atoms with E-state index in [0.29, 0.717) is 27.0 Å². The van der Waals surface area contributed by atoms with Crippen LogP contribution in [0.1, 0.15) is 37.9 Å². The lowest BCUT2D eigenvalue weighted by Gasteiger charge is -2.21. The second-order valence-electron chi connectivity index (χ2n) is 5.30. The Morgan fingerprint density at radius 3 is 2.24 bits per heavy atom. The van der Waals surface area contributed by atoms with E-state index < -0.39 is 6.17 Å². The molecule has 140 valence electrons. The summed E-state index contributed by atoms with van der Waals surface area (Å²) in [6.45, 7) is 2.77. The van der Waals surface area contributed by atoms with Gasteiger partial charge < -0.3 is 20.1 Å². The van der Waals surface area contributed by atoms with Crippen LogP contribution in [0.25, 0.3) is 0 Å². The lowest BCUT2D eigenvalue weighted by atomic mass is 10.1. The first-order valence-corrected chi connectivity index (χ1v) is 11.1. The number of hydrogen-bond acceptors (Lipinski definition) is 4. The summed E-state index contributed by atoms with van der Waals surface area (Å²) in [6, 6.07) is 5.41. The van der Waals surface area contributed by atoms with E-state index in [0.717, 1.165) is 24.8 Å². The molecule has 0 aromatic heterocycles. The van der Waals surface area contributed by atoms with Crippen molar-refractivity contribution in [1.82, 2.24) is 10.6 Å². The fourth-order valence-corrected chi connectivity index (χ4v) is 2.56. The second kappa shape index (κ2) is 12.6. The van der Waals surface area contributed by atoms with Crippen molar-refractivity contribution in [3.8, 4) is 11.5 Å². The van der Waals surface area contributed by atoms with Gasteiger partial charge in [0.2, 0.25) is 11.8 Å². The minimum absolute atomic E-state index is 0.154. The van der Waals surface area contributed by atoms with Gasteiger partial charge in [0.05, 0.1) is 22.6 Å². The minimum atomic E-state index is -0.604. The van der Waals surface area contributed by atoms with E-state index in [1.165, 1.54) is 0 Å². The van der Waals surface area contributed by atoms with Crippen molar-refractivity contribution >= 4 is 57.0 Å². The lowest BCUT2D eigenvalue weighted by molar-refractivity contribution is -0.121. The summed E-state index contributed by atoms with van der Waals surface area (Å²) in [5.74, 6) is 0.921. The summed E-state index contributed by atoms with van der Waals surface area (Å²) in [5.41, 5.74) is 0.731. The summed E-state index contributed by atoms with van der Waals surface area (Å²) in [7, 11) is 1.57. The number of amides is 2. The normalized spacial score (nSPS) is 10.4. The number of halogens is 2. The fraction of sp³-hybridized carbons (Fsp3) is 0.529. The third-order valence-corrected chi connectivity index (χ3v) is 4.77. The summed E-state index contributed by atoms with van der Waals surface area (Å²) >= 11 is 3.96. The van der Waals surface area contributed by atoms with Crippen molar-refractivity contribution in [2.24, 2.45) is 0 Å². The van der Waals surface area contributed by atoms with Gasteiger partial charge in [-0.05, 0) is 24.1 Å². The quantitative estimate of drug-likeness (QED) is 0.184. The molecule has 0 saturated heterocycles. The molecule has 0 aliphatic heterocycles. The highest BCUT2D eigenvalue weighted by Crippen LogP contribution is 2.30. The number of carbonyl (C=O) groups excluding carboxylic acids is 2. The van der Waals surface area contributed by atoms with Gasteiger partial charge in [-0.3, -0.25) is 9.59 Å². The molecule has 0 radical (unpaired) electrons. The van der Waals surface area contributed by atoms with Crippen LogP contribution in [0.4, 0.5) is 0 Å². The maximum Gasteiger partial charge on any atom is 0.231 e. The summed E-state index contributed by atoms with van der Waals surface area (Å²) in [6.07, 6.45) is 2.63. The van der Waals surface area contributed by atoms with Crippen LogP contribution in [0.2, 0.25) is 0 Å². The number of nitrogens with one attached hydrogen (secondary N) is 2. The molecule has 2 N–H and O–H groups in total. The Kier molecular flexibility index (Phi) is 11.2. The molecule has 0 bridgehead atoms. The van der Waals surface area contributed by atoms with Crippen molar-refractivity contribution in [1.29, 1.82) is 0 Å². The van der Waals surface area contributed by atoms with Gasteiger partial charge in [0.1, 0.15) is 6.17 Å². The molecule has 1 aromatic rings. The standard InChI is InChI=1S/C17H24I2N2O4/c1-3-4-5-8-25-13-7-6-12(9-14(13)24-2)17(20-15(22)10-18)21-16(23)11-19/h6-7,9,17H,3-5,8,10-11H2,1-2H3,(H,20,22)(H,21,23). The average Bonchev–Trinajstić information content (AvgIpc) is 2.64. The molecular formula is C17H24I2N2O4. The van der Waals surface area contributed by atoms with Crippen LogP contribution in [-0.2, 0) is 9.59 Å². The maximum absolute atomic E-state index is 11.8. The predicted octanol–water partition coefficient (Wildman–Crippen LogP) is 3.37. The van der Waals surface area contributed by atoms with Gasteiger partial charge >= 0.3 is 0 Å². The highest BCUT2D eigenvalue weighted by Gasteiger charge is 2.18. The second-order valence-corrected chi connectivity index (χ2v) is 6.83. The molecule has 0 atom stereocenters. The zero-order chi connectivity index (χ0) is 18.7. The number of benzene rings is 1. The molecule has 1 aromatic carbocycles. The molecule has 0 unspecified atom stereocenters. The third-order valence-electron chi connectivity index (χ3n) is 3.38. The first-order valence-electron chi connectivity index (χ1n) is 8.07. The zero-order valence-electron chi connectivity index (χ0n) is 14.4. The van der Waals surface area contributed by atoms with Crippen LogP contribution in [0.15, 0.2) is 18.2 Å². The van der Waals surface area contributed by atoms with Crippen LogP contribution in [0.5, 0.6) is 11.5 Å². The molecule has 0 aliphatic carbocycles. The van der Waals surface area contributed by atoms with Crippen LogP contribution < -0.4 is 20.1 Å². The number of carbonyl (C=O) groups is 2. The molecule has 0 heterocycles. The Morgan fingerprint density at radius 2 is 1.72 bits per heavy atom. The van der Waals surface area contributed by atoms with Crippen molar-refractivity contribution in [2.45, 2.75) is 32.4 Å². The molecular weight excluding hydrogens is 550 g/mol. The first-order chi connectivity index (χ1) is 12.0. The van der Waals surface area contributed by atoms with Crippen LogP contribution in [-0.4, -0.2) is 34.4 Å². The molecule has 8 heteroatoms. The molecule has 0 fully saturated rings. The summed E-state index contributed by atoms with van der Waals surface area (Å²) in [4.78, 5) is 23.5. The van der Waals surface area contributed by atoms with E-state index in [1.54, 1.807) is 19.2 Å². The third kappa shape index (κ3) is 7.97. The van der Waals surface area contributed by atoms with Gasteiger partial charge in [-0.1, -0.05) is 71.0 Å². The summed E-state index contributed by atoms with van der Waals surface area (Å²) in [5, 5.41) is 5.60. The van der Waals surface area contributed by atoms with Crippen molar-refractivity contribution in [3.63, 3.8) is 0 Å². The number of hydrogen-bond donors (Lipinski definition) is 2. The van der Waals surface area contributed by atoms with Crippen LogP contribution in [0.3, 0.4) is 0 Å². The molecule has 0 spiro atoms. The van der Waals surface area contributed by atoms with Crippen molar-refractivity contribution in [2.75, 3.05) is 22.6 Å². The van der Waals surface area contributed by atoms with Gasteiger partial charge in [0.25, 0.3) is 0 Å². The topological polar surface area (TPSA) is 76.7 Å². The number of ether oxygens (including phenoxy) is 2. The van der Waals surface area contributed by atoms with Crippen LogP contribution in [0, 0.1) is 0 Å². The fourth-order valence-electron chi connectivity index (χ4n) is 2.12. The SMILES string of the molecule is CCCCCOc1ccc(C(NC(=O)CI)NC(=O)CI)cc1OC. The number of methoxy groups -OCH3 is 1. The highest BCUT2D eigenvalue weighted by molar-refractivity contribution is 14.1. The van der Waals surface area contributed by atoms with E-state index in [9.17, 15) is 9.59 Å². The predicted molar refractivity (Wildman–Crippen MR) is 115 cm³/mol. The Balaban J connectivity index is 2.93. The van der Waals surface area contributed by atoms with E-state index in [-0.39, 0.29) is 11.8 Å². The van der Waals surface area contributed by atoms with E-state index in [1.807, 2.05) is 51.2 Å². The maximum atomic E-state index is 11.8. The smallest absolute Gasteiger partial charge is 0.231 e. The van der Waals surface area contributed by atoms with Gasteiger partial charge in [0, 0.05) is 0 Å². The van der Waals surface area contributed by atoms with Crippen LogP contribution >= 0.6 is 45.2 Å². The Labute approximate surface area is 176 Å². The van der Waals surface area contributed by atoms with Gasteiger partial charge in [-0.15, -0.1) is 0 Å². The largest absolute Gasteiger partial charge is 0.493 e. The Morgan fingerprint density at radius 1 is 1.08 bits per heavy atom. The Hall–Kier alpha value is -0.780. The minimum Gasteiger partial charge on any atom is -0.493 e. The molecule has 2 amide bonds. The van der Waals surface area contributed by atoms with Crippen molar-refractivity contribution in [3.05, 3.63) is 23.8 Å². The molecule has 1 rings (SSSR count). The lowest BCUT2D eigenvalue weighted by Crippen LogP contribution is -2.41. The van der Waals surface area contributed by atoms with E-state index in [2.05, 4.69) is 17.6 Å². The van der Waals surface area contributed by atoms with Gasteiger partial charge in [0.15, 0.2) is 11.5 Å². The zero-order valence-corrected chi connectivity index (χ0v) is 18.8. The first kappa shape index (κ1) is 22.3. The number of unbranched alkanes of at least 4 members (excludes halogenated alkanes) is 2. The number of rotatable bonds is 11. The van der Waals surface area contributed by atoms with Gasteiger partial charge in [-0.2, -0.15) is 0 Å². The molecule has 6 nitrogen and oxygen atoms in total.